The molecule has 1 heterocycles. The number of carboxylic acid groups (broad SMARTS) is 1. The summed E-state index contributed by atoms with van der Waals surface area (Å²) >= 11 is 0. The van der Waals surface area contributed by atoms with E-state index in [1.165, 1.54) is 0 Å². The monoisotopic (exact) mass is 170 g/mol. The molecule has 0 radical (unpaired) electrons. The standard InChI is InChI=1S/C8H10O4/c9-6-3-8(4-12-6)1-5(2-8)7(10)11/h5H,1-4H2,(H,10,11). The van der Waals surface area contributed by atoms with Gasteiger partial charge in [-0.15, -0.1) is 0 Å². The molecule has 0 amide bonds. The lowest BCUT2D eigenvalue weighted by Gasteiger charge is -2.40. The average molecular weight is 170 g/mol. The van der Waals surface area contributed by atoms with Crippen LogP contribution in [0.15, 0.2) is 0 Å². The van der Waals surface area contributed by atoms with Crippen molar-refractivity contribution >= 4 is 11.9 Å². The molecule has 0 aromatic heterocycles. The van der Waals surface area contributed by atoms with Gasteiger partial charge in [0, 0.05) is 5.41 Å². The molecule has 2 aliphatic rings. The number of carbonyl (C=O) groups excluding carboxylic acids is 1. The lowest BCUT2D eigenvalue weighted by Crippen LogP contribution is -2.41. The molecule has 4 nitrogen and oxygen atoms in total. The normalized spacial score (nSPS) is 39.3. The van der Waals surface area contributed by atoms with Gasteiger partial charge in [-0.1, -0.05) is 0 Å². The molecule has 66 valence electrons. The minimum Gasteiger partial charge on any atom is -0.481 e. The number of aliphatic carboxylic acids is 1. The fourth-order valence-electron chi connectivity index (χ4n) is 2.06. The van der Waals surface area contributed by atoms with Gasteiger partial charge in [-0.2, -0.15) is 0 Å². The van der Waals surface area contributed by atoms with Crippen molar-refractivity contribution in [3.8, 4) is 0 Å². The minimum atomic E-state index is -0.750. The zero-order valence-corrected chi connectivity index (χ0v) is 6.58. The van der Waals surface area contributed by atoms with E-state index in [2.05, 4.69) is 0 Å². The summed E-state index contributed by atoms with van der Waals surface area (Å²) in [4.78, 5) is 21.2. The Kier molecular flexibility index (Phi) is 1.40. The molecule has 1 saturated carbocycles. The van der Waals surface area contributed by atoms with Gasteiger partial charge in [-0.3, -0.25) is 9.59 Å². The molecule has 1 aliphatic heterocycles. The minimum absolute atomic E-state index is 0.111. The van der Waals surface area contributed by atoms with Crippen LogP contribution in [0.2, 0.25) is 0 Å². The van der Waals surface area contributed by atoms with E-state index in [0.29, 0.717) is 25.9 Å². The van der Waals surface area contributed by atoms with E-state index < -0.39 is 5.97 Å². The number of carboxylic acids is 1. The maximum Gasteiger partial charge on any atom is 0.306 e. The largest absolute Gasteiger partial charge is 0.481 e. The van der Waals surface area contributed by atoms with Gasteiger partial charge < -0.3 is 9.84 Å². The lowest BCUT2D eigenvalue weighted by atomic mass is 9.61. The van der Waals surface area contributed by atoms with E-state index in [0.717, 1.165) is 0 Å². The third-order valence-electron chi connectivity index (χ3n) is 2.77. The van der Waals surface area contributed by atoms with Gasteiger partial charge in [0.1, 0.15) is 0 Å². The van der Waals surface area contributed by atoms with E-state index in [1.54, 1.807) is 0 Å². The van der Waals surface area contributed by atoms with E-state index in [9.17, 15) is 9.59 Å². The highest BCUT2D eigenvalue weighted by atomic mass is 16.5. The molecule has 0 unspecified atom stereocenters. The van der Waals surface area contributed by atoms with Crippen molar-refractivity contribution in [1.29, 1.82) is 0 Å². The van der Waals surface area contributed by atoms with Crippen LogP contribution in [-0.2, 0) is 14.3 Å². The number of esters is 1. The maximum absolute atomic E-state index is 10.8. The van der Waals surface area contributed by atoms with Crippen LogP contribution in [0.3, 0.4) is 0 Å². The van der Waals surface area contributed by atoms with Crippen LogP contribution in [0.1, 0.15) is 19.3 Å². The second-order valence-corrected chi connectivity index (χ2v) is 3.78. The molecule has 1 aliphatic carbocycles. The SMILES string of the molecule is O=C1CC2(CO1)CC(C(=O)O)C2. The molecule has 0 atom stereocenters. The van der Waals surface area contributed by atoms with Crippen molar-refractivity contribution in [1.82, 2.24) is 0 Å². The number of rotatable bonds is 1. The highest BCUT2D eigenvalue weighted by molar-refractivity contribution is 5.75. The maximum atomic E-state index is 10.8. The summed E-state index contributed by atoms with van der Waals surface area (Å²) in [6, 6.07) is 0. The second-order valence-electron chi connectivity index (χ2n) is 3.78. The first kappa shape index (κ1) is 7.58. The molecule has 0 aromatic carbocycles. The molecule has 12 heavy (non-hydrogen) atoms. The van der Waals surface area contributed by atoms with Crippen molar-refractivity contribution in [2.45, 2.75) is 19.3 Å². The Morgan fingerprint density at radius 1 is 1.58 bits per heavy atom. The fraction of sp³-hybridized carbons (Fsp3) is 0.750. The highest BCUT2D eigenvalue weighted by Crippen LogP contribution is 2.51. The summed E-state index contributed by atoms with van der Waals surface area (Å²) in [6.07, 6.45) is 1.62. The number of cyclic esters (lactones) is 1. The lowest BCUT2D eigenvalue weighted by molar-refractivity contribution is -0.150. The van der Waals surface area contributed by atoms with Gasteiger partial charge in [0.15, 0.2) is 0 Å². The van der Waals surface area contributed by atoms with Crippen LogP contribution >= 0.6 is 0 Å². The van der Waals surface area contributed by atoms with E-state index >= 15 is 0 Å². The van der Waals surface area contributed by atoms with Crippen molar-refractivity contribution in [2.75, 3.05) is 6.61 Å². The topological polar surface area (TPSA) is 63.6 Å². The summed E-state index contributed by atoms with van der Waals surface area (Å²) in [7, 11) is 0. The Hall–Kier alpha value is -1.06. The first-order chi connectivity index (χ1) is 5.61. The third-order valence-corrected chi connectivity index (χ3v) is 2.77. The molecule has 2 rings (SSSR count). The first-order valence-electron chi connectivity index (χ1n) is 4.00. The van der Waals surface area contributed by atoms with Gasteiger partial charge in [0.25, 0.3) is 0 Å². The Bertz CT molecular complexity index is 239. The summed E-state index contributed by atoms with van der Waals surface area (Å²) in [5.41, 5.74) is -0.111. The molecule has 4 heteroatoms. The fourth-order valence-corrected chi connectivity index (χ4v) is 2.06. The molecule has 1 saturated heterocycles. The van der Waals surface area contributed by atoms with Crippen LogP contribution in [0.5, 0.6) is 0 Å². The third kappa shape index (κ3) is 0.983. The van der Waals surface area contributed by atoms with E-state index in [1.807, 2.05) is 0 Å². The molecular formula is C8H10O4. The van der Waals surface area contributed by atoms with Crippen LogP contribution in [0, 0.1) is 11.3 Å². The van der Waals surface area contributed by atoms with Crippen molar-refractivity contribution in [2.24, 2.45) is 11.3 Å². The predicted molar refractivity (Wildman–Crippen MR) is 38.4 cm³/mol. The van der Waals surface area contributed by atoms with Crippen molar-refractivity contribution < 1.29 is 19.4 Å². The van der Waals surface area contributed by atoms with Gasteiger partial charge in [0.2, 0.25) is 0 Å². The van der Waals surface area contributed by atoms with Crippen LogP contribution in [-0.4, -0.2) is 23.7 Å². The second kappa shape index (κ2) is 2.21. The van der Waals surface area contributed by atoms with Crippen LogP contribution < -0.4 is 0 Å². The van der Waals surface area contributed by atoms with Gasteiger partial charge in [0.05, 0.1) is 18.9 Å². The van der Waals surface area contributed by atoms with Crippen molar-refractivity contribution in [3.63, 3.8) is 0 Å². The number of carbonyl (C=O) groups is 2. The Balaban J connectivity index is 1.95. The van der Waals surface area contributed by atoms with Gasteiger partial charge in [-0.25, -0.2) is 0 Å². The first-order valence-corrected chi connectivity index (χ1v) is 4.00. The summed E-state index contributed by atoms with van der Waals surface area (Å²) in [5.74, 6) is -1.18. The number of hydrogen-bond donors (Lipinski definition) is 1. The zero-order valence-electron chi connectivity index (χ0n) is 6.58. The number of ether oxygens (including phenoxy) is 1. The summed E-state index contributed by atoms with van der Waals surface area (Å²) in [5, 5.41) is 8.62. The van der Waals surface area contributed by atoms with Crippen molar-refractivity contribution in [3.05, 3.63) is 0 Å². The Morgan fingerprint density at radius 2 is 2.25 bits per heavy atom. The summed E-state index contributed by atoms with van der Waals surface area (Å²) < 4.78 is 4.81. The summed E-state index contributed by atoms with van der Waals surface area (Å²) in [6.45, 7) is 0.426. The molecule has 1 N–H and O–H groups in total. The molecule has 1 spiro atoms. The predicted octanol–water partition coefficient (Wildman–Crippen LogP) is 0.414. The zero-order chi connectivity index (χ0) is 8.77. The molecule has 0 bridgehead atoms. The van der Waals surface area contributed by atoms with Gasteiger partial charge >= 0.3 is 11.9 Å². The van der Waals surface area contributed by atoms with E-state index in [4.69, 9.17) is 9.84 Å². The highest BCUT2D eigenvalue weighted by Gasteiger charge is 2.52. The Morgan fingerprint density at radius 3 is 2.67 bits per heavy atom. The average Bonchev–Trinajstić information content (AvgIpc) is 2.27. The smallest absolute Gasteiger partial charge is 0.306 e. The van der Waals surface area contributed by atoms with Crippen LogP contribution in [0.4, 0.5) is 0 Å². The quantitative estimate of drug-likeness (QED) is 0.579. The van der Waals surface area contributed by atoms with Crippen LogP contribution in [0.25, 0.3) is 0 Å². The molecular weight excluding hydrogens is 160 g/mol. The van der Waals surface area contributed by atoms with Gasteiger partial charge in [-0.05, 0) is 12.8 Å². The van der Waals surface area contributed by atoms with E-state index in [-0.39, 0.29) is 17.3 Å². The molecule has 2 fully saturated rings. The Labute approximate surface area is 69.5 Å². The number of hydrogen-bond acceptors (Lipinski definition) is 3. The molecule has 0 aromatic rings.